The van der Waals surface area contributed by atoms with E-state index in [9.17, 15) is 9.90 Å². The van der Waals surface area contributed by atoms with Gasteiger partial charge < -0.3 is 5.11 Å². The lowest BCUT2D eigenvalue weighted by Gasteiger charge is -2.31. The highest BCUT2D eigenvalue weighted by molar-refractivity contribution is 7.96. The Morgan fingerprint density at radius 1 is 0.667 bits per heavy atom. The third kappa shape index (κ3) is 4.78. The number of aliphatic hydroxyl groups excluding tert-OH is 1. The number of Topliss-reactive ketones (excluding diaryl/α,β-unsaturated/α-hetero) is 1. The molecular formula is C30H29O2P. The van der Waals surface area contributed by atoms with Crippen LogP contribution in [-0.2, 0) is 4.79 Å². The van der Waals surface area contributed by atoms with Crippen LogP contribution in [0.1, 0.15) is 31.4 Å². The van der Waals surface area contributed by atoms with Crippen molar-refractivity contribution in [1.82, 2.24) is 0 Å². The van der Waals surface area contributed by atoms with Crippen LogP contribution in [0.2, 0.25) is 0 Å². The van der Waals surface area contributed by atoms with Crippen molar-refractivity contribution >= 4 is 33.9 Å². The van der Waals surface area contributed by atoms with Crippen LogP contribution in [-0.4, -0.2) is 16.2 Å². The molecule has 0 radical (unpaired) electrons. The Kier molecular flexibility index (Phi) is 7.40. The Bertz CT molecular complexity index is 1130. The first-order valence-corrected chi connectivity index (χ1v) is 13.1. The molecule has 0 aliphatic carbocycles. The lowest BCUT2D eigenvalue weighted by Crippen LogP contribution is -2.32. The zero-order valence-corrected chi connectivity index (χ0v) is 19.7. The molecule has 4 aromatic carbocycles. The predicted octanol–water partition coefficient (Wildman–Crippen LogP) is 5.26. The molecular weight excluding hydrogens is 423 g/mol. The Morgan fingerprint density at radius 3 is 1.42 bits per heavy atom. The summed E-state index contributed by atoms with van der Waals surface area (Å²) < 4.78 is 0. The molecule has 0 aliphatic rings. The van der Waals surface area contributed by atoms with E-state index in [0.717, 1.165) is 26.8 Å². The molecule has 0 spiro atoms. The van der Waals surface area contributed by atoms with Gasteiger partial charge in [0.1, 0.15) is 0 Å². The lowest BCUT2D eigenvalue weighted by molar-refractivity contribution is -0.113. The summed E-state index contributed by atoms with van der Waals surface area (Å²) in [4.78, 5) is 13.7. The second-order valence-electron chi connectivity index (χ2n) is 8.15. The van der Waals surface area contributed by atoms with Gasteiger partial charge in [0.15, 0.2) is 5.78 Å². The molecule has 4 rings (SSSR count). The molecule has 0 bridgehead atoms. The molecule has 1 N–H and O–H groups in total. The first-order chi connectivity index (χ1) is 16.1. The fourth-order valence-corrected chi connectivity index (χ4v) is 8.86. The van der Waals surface area contributed by atoms with Crippen molar-refractivity contribution in [3.8, 4) is 0 Å². The standard InChI is InChI=1S/C30H29O2P/c1-24(29(31)22-23-30(32)25-14-6-2-7-15-25)33(26-16-8-3-9-17-26,27-18-10-4-11-19-27)28-20-12-5-13-21-28/h2-21,30,32H,22-23H2,1H3. The van der Waals surface area contributed by atoms with Crippen molar-refractivity contribution in [3.05, 3.63) is 127 Å². The maximum Gasteiger partial charge on any atom is 0.159 e. The number of hydrogen-bond donors (Lipinski definition) is 1. The minimum absolute atomic E-state index is 0.106. The Labute approximate surface area is 196 Å². The van der Waals surface area contributed by atoms with Gasteiger partial charge in [0.25, 0.3) is 0 Å². The van der Waals surface area contributed by atoms with Crippen LogP contribution in [0.3, 0.4) is 0 Å². The van der Waals surface area contributed by atoms with Crippen molar-refractivity contribution in [2.45, 2.75) is 25.9 Å². The van der Waals surface area contributed by atoms with E-state index in [-0.39, 0.29) is 5.78 Å². The summed E-state index contributed by atoms with van der Waals surface area (Å²) in [5.41, 5.74) is 0.846. The number of hydrogen-bond acceptors (Lipinski definition) is 2. The molecule has 0 heterocycles. The molecule has 0 saturated carbocycles. The molecule has 2 nitrogen and oxygen atoms in total. The van der Waals surface area contributed by atoms with E-state index in [2.05, 4.69) is 36.4 Å². The molecule has 1 atom stereocenters. The highest BCUT2D eigenvalue weighted by Gasteiger charge is 2.30. The van der Waals surface area contributed by atoms with Crippen molar-refractivity contribution < 1.29 is 9.90 Å². The van der Waals surface area contributed by atoms with Crippen LogP contribution in [0.25, 0.3) is 0 Å². The van der Waals surface area contributed by atoms with Crippen LogP contribution >= 0.6 is 6.89 Å². The van der Waals surface area contributed by atoms with Gasteiger partial charge >= 0.3 is 0 Å². The van der Waals surface area contributed by atoms with E-state index >= 15 is 0 Å². The minimum Gasteiger partial charge on any atom is -0.388 e. The van der Waals surface area contributed by atoms with Gasteiger partial charge in [-0.25, -0.2) is 0 Å². The Hall–Kier alpha value is -3.19. The fourth-order valence-electron chi connectivity index (χ4n) is 4.46. The summed E-state index contributed by atoms with van der Waals surface area (Å²) in [5, 5.41) is 15.0. The van der Waals surface area contributed by atoms with Crippen LogP contribution in [0.4, 0.5) is 0 Å². The predicted molar refractivity (Wildman–Crippen MR) is 141 cm³/mol. The average Bonchev–Trinajstić information content (AvgIpc) is 2.90. The van der Waals surface area contributed by atoms with Gasteiger partial charge in [0.05, 0.1) is 6.10 Å². The number of benzene rings is 4. The molecule has 1 unspecified atom stereocenters. The van der Waals surface area contributed by atoms with Gasteiger partial charge in [-0.1, -0.05) is 121 Å². The second kappa shape index (κ2) is 10.6. The molecule has 0 aromatic heterocycles. The third-order valence-corrected chi connectivity index (χ3v) is 10.6. The zero-order valence-electron chi connectivity index (χ0n) is 18.8. The SMILES string of the molecule is CC(C(=O)CCC(O)c1ccccc1)=P(c1ccccc1)(c1ccccc1)c1ccccc1. The van der Waals surface area contributed by atoms with E-state index in [1.807, 2.05) is 91.9 Å². The highest BCUT2D eigenvalue weighted by atomic mass is 31.2. The molecule has 3 heteroatoms. The molecule has 166 valence electrons. The molecule has 33 heavy (non-hydrogen) atoms. The molecule has 4 aromatic rings. The smallest absolute Gasteiger partial charge is 0.159 e. The minimum atomic E-state index is -2.35. The highest BCUT2D eigenvalue weighted by Crippen LogP contribution is 2.46. The Balaban J connectivity index is 1.85. The summed E-state index contributed by atoms with van der Waals surface area (Å²) in [6.45, 7) is -0.349. The molecule has 0 fully saturated rings. The van der Waals surface area contributed by atoms with Crippen molar-refractivity contribution in [2.75, 3.05) is 0 Å². The summed E-state index contributed by atoms with van der Waals surface area (Å²) in [5.74, 6) is 0.106. The summed E-state index contributed by atoms with van der Waals surface area (Å²) >= 11 is 0. The van der Waals surface area contributed by atoms with E-state index in [4.69, 9.17) is 0 Å². The average molecular weight is 453 g/mol. The number of rotatable bonds is 8. The van der Waals surface area contributed by atoms with Crippen LogP contribution in [0.15, 0.2) is 121 Å². The van der Waals surface area contributed by atoms with E-state index in [0.29, 0.717) is 12.8 Å². The van der Waals surface area contributed by atoms with Gasteiger partial charge in [-0.3, -0.25) is 4.79 Å². The van der Waals surface area contributed by atoms with Gasteiger partial charge in [-0.05, 0) is 41.7 Å². The Morgan fingerprint density at radius 2 is 1.03 bits per heavy atom. The molecule has 0 amide bonds. The largest absolute Gasteiger partial charge is 0.388 e. The van der Waals surface area contributed by atoms with E-state index in [1.165, 1.54) is 0 Å². The second-order valence-corrected chi connectivity index (χ2v) is 11.7. The van der Waals surface area contributed by atoms with Gasteiger partial charge in [0.2, 0.25) is 0 Å². The van der Waals surface area contributed by atoms with Crippen LogP contribution < -0.4 is 15.9 Å². The maximum absolute atomic E-state index is 13.7. The number of ketones is 1. The normalized spacial score (nSPS) is 12.2. The fraction of sp³-hybridized carbons (Fsp3) is 0.133. The number of carbonyl (C=O) groups excluding carboxylic acids is 1. The van der Waals surface area contributed by atoms with Gasteiger partial charge in [-0.2, -0.15) is 0 Å². The van der Waals surface area contributed by atoms with Gasteiger partial charge in [-0.15, -0.1) is 0 Å². The number of carbonyl (C=O) groups is 1. The summed E-state index contributed by atoms with van der Waals surface area (Å²) in [6, 6.07) is 40.7. The maximum atomic E-state index is 13.7. The quantitative estimate of drug-likeness (QED) is 0.371. The lowest BCUT2D eigenvalue weighted by atomic mass is 10.0. The molecule has 0 saturated heterocycles. The number of aliphatic hydroxyl groups is 1. The first-order valence-electron chi connectivity index (χ1n) is 11.3. The van der Waals surface area contributed by atoms with Crippen molar-refractivity contribution in [1.29, 1.82) is 0 Å². The topological polar surface area (TPSA) is 37.3 Å². The van der Waals surface area contributed by atoms with Crippen molar-refractivity contribution in [2.24, 2.45) is 0 Å². The van der Waals surface area contributed by atoms with E-state index in [1.54, 1.807) is 0 Å². The van der Waals surface area contributed by atoms with Crippen molar-refractivity contribution in [3.63, 3.8) is 0 Å². The molecule has 0 aliphatic heterocycles. The summed E-state index contributed by atoms with van der Waals surface area (Å²) in [6.07, 6.45) is 0.0511. The van der Waals surface area contributed by atoms with Crippen LogP contribution in [0, 0.1) is 0 Å². The van der Waals surface area contributed by atoms with Gasteiger partial charge in [0, 0.05) is 11.7 Å². The first kappa shape index (κ1) is 23.0. The van der Waals surface area contributed by atoms with Crippen LogP contribution in [0.5, 0.6) is 0 Å². The zero-order chi connectivity index (χ0) is 23.1. The monoisotopic (exact) mass is 452 g/mol. The third-order valence-electron chi connectivity index (χ3n) is 6.17. The van der Waals surface area contributed by atoms with E-state index < -0.39 is 13.0 Å². The summed E-state index contributed by atoms with van der Waals surface area (Å²) in [7, 11) is 0.